The lowest BCUT2D eigenvalue weighted by atomic mass is 10.0. The van der Waals surface area contributed by atoms with Gasteiger partial charge in [0.2, 0.25) is 0 Å². The van der Waals surface area contributed by atoms with Crippen LogP contribution in [0.3, 0.4) is 0 Å². The third-order valence-corrected chi connectivity index (χ3v) is 4.59. The van der Waals surface area contributed by atoms with E-state index in [4.69, 9.17) is 11.6 Å². The highest BCUT2D eigenvalue weighted by atomic mass is 35.5. The van der Waals surface area contributed by atoms with E-state index < -0.39 is 0 Å². The third-order valence-electron chi connectivity index (χ3n) is 4.28. The number of fused-ring (bicyclic) bond motifs is 1. The molecule has 3 rings (SSSR count). The summed E-state index contributed by atoms with van der Waals surface area (Å²) in [5.74, 6) is 0. The molecule has 112 valence electrons. The van der Waals surface area contributed by atoms with Crippen LogP contribution in [0.1, 0.15) is 25.8 Å². The molecule has 0 bridgehead atoms. The molecule has 1 fully saturated rings. The molecule has 0 aliphatic carbocycles. The Balaban J connectivity index is 2.09. The monoisotopic (exact) mass is 307 g/mol. The molecular formula is C15H18ClN3O2. The molecule has 1 aliphatic rings. The molecule has 21 heavy (non-hydrogen) atoms. The quantitative estimate of drug-likeness (QED) is 0.923. The van der Waals surface area contributed by atoms with Gasteiger partial charge in [0.15, 0.2) is 0 Å². The standard InChI is InChI=1S/C15H18ClN3O2/c1-2-18-8-6-10(7-9-18)19-14(20)13-11(16)4-3-5-12(13)17-15(19)21/h3-5,10H,2,6-9H2,1H3,(H,17,21). The van der Waals surface area contributed by atoms with Crippen molar-refractivity contribution in [3.63, 3.8) is 0 Å². The first kappa shape index (κ1) is 14.4. The van der Waals surface area contributed by atoms with Gasteiger partial charge in [0.1, 0.15) is 0 Å². The third kappa shape index (κ3) is 2.51. The van der Waals surface area contributed by atoms with E-state index in [1.807, 2.05) is 0 Å². The zero-order valence-corrected chi connectivity index (χ0v) is 12.7. The molecule has 1 aromatic heterocycles. The molecule has 1 aliphatic heterocycles. The van der Waals surface area contributed by atoms with Crippen LogP contribution in [-0.4, -0.2) is 34.1 Å². The summed E-state index contributed by atoms with van der Waals surface area (Å²) in [5.41, 5.74) is -0.126. The van der Waals surface area contributed by atoms with Crippen LogP contribution in [0.2, 0.25) is 5.02 Å². The number of aromatic amines is 1. The molecule has 0 atom stereocenters. The lowest BCUT2D eigenvalue weighted by molar-refractivity contribution is 0.190. The number of aromatic nitrogens is 2. The molecule has 0 radical (unpaired) electrons. The fourth-order valence-corrected chi connectivity index (χ4v) is 3.31. The predicted octanol–water partition coefficient (Wildman–Crippen LogP) is 2.00. The largest absolute Gasteiger partial charge is 0.329 e. The lowest BCUT2D eigenvalue weighted by Gasteiger charge is -2.31. The Morgan fingerprint density at radius 1 is 1.29 bits per heavy atom. The van der Waals surface area contributed by atoms with E-state index in [1.54, 1.807) is 18.2 Å². The van der Waals surface area contributed by atoms with Gasteiger partial charge in [0, 0.05) is 19.1 Å². The minimum atomic E-state index is -0.343. The van der Waals surface area contributed by atoms with Gasteiger partial charge in [-0.1, -0.05) is 24.6 Å². The number of nitrogens with zero attached hydrogens (tertiary/aromatic N) is 2. The van der Waals surface area contributed by atoms with E-state index in [1.165, 1.54) is 4.57 Å². The van der Waals surface area contributed by atoms with Gasteiger partial charge in [-0.15, -0.1) is 0 Å². The number of piperidine rings is 1. The molecule has 5 nitrogen and oxygen atoms in total. The van der Waals surface area contributed by atoms with Crippen molar-refractivity contribution in [1.29, 1.82) is 0 Å². The minimum absolute atomic E-state index is 0.0512. The SMILES string of the molecule is CCN1CCC(n2c(=O)[nH]c3cccc(Cl)c3c2=O)CC1. The van der Waals surface area contributed by atoms with Crippen LogP contribution in [0.5, 0.6) is 0 Å². The van der Waals surface area contributed by atoms with E-state index in [-0.39, 0.29) is 17.3 Å². The molecule has 2 aromatic rings. The van der Waals surface area contributed by atoms with E-state index in [2.05, 4.69) is 16.8 Å². The Morgan fingerprint density at radius 2 is 2.00 bits per heavy atom. The average molecular weight is 308 g/mol. The second-order valence-corrected chi connectivity index (χ2v) is 5.84. The van der Waals surface area contributed by atoms with Gasteiger partial charge < -0.3 is 9.88 Å². The molecular weight excluding hydrogens is 290 g/mol. The summed E-state index contributed by atoms with van der Waals surface area (Å²) in [6, 6.07) is 5.05. The molecule has 0 unspecified atom stereocenters. The van der Waals surface area contributed by atoms with Crippen LogP contribution in [-0.2, 0) is 0 Å². The van der Waals surface area contributed by atoms with Crippen LogP contribution in [0.15, 0.2) is 27.8 Å². The first-order chi connectivity index (χ1) is 10.1. The van der Waals surface area contributed by atoms with E-state index in [0.29, 0.717) is 15.9 Å². The van der Waals surface area contributed by atoms with Gasteiger partial charge in [0.25, 0.3) is 5.56 Å². The average Bonchev–Trinajstić information content (AvgIpc) is 2.47. The smallest absolute Gasteiger partial charge is 0.307 e. The predicted molar refractivity (Wildman–Crippen MR) is 84.2 cm³/mol. The maximum Gasteiger partial charge on any atom is 0.329 e. The molecule has 2 heterocycles. The molecule has 1 N–H and O–H groups in total. The molecule has 0 saturated carbocycles. The number of H-pyrrole nitrogens is 1. The summed E-state index contributed by atoms with van der Waals surface area (Å²) in [7, 11) is 0. The second kappa shape index (κ2) is 5.66. The highest BCUT2D eigenvalue weighted by Crippen LogP contribution is 2.22. The lowest BCUT2D eigenvalue weighted by Crippen LogP contribution is -2.43. The number of nitrogens with one attached hydrogen (secondary N) is 1. The van der Waals surface area contributed by atoms with E-state index >= 15 is 0 Å². The first-order valence-electron chi connectivity index (χ1n) is 7.27. The highest BCUT2D eigenvalue weighted by Gasteiger charge is 2.23. The maximum atomic E-state index is 12.7. The van der Waals surface area contributed by atoms with Crippen LogP contribution in [0.4, 0.5) is 0 Å². The zero-order valence-electron chi connectivity index (χ0n) is 11.9. The molecule has 6 heteroatoms. The van der Waals surface area contributed by atoms with Crippen molar-refractivity contribution in [3.8, 4) is 0 Å². The Morgan fingerprint density at radius 3 is 2.67 bits per heavy atom. The summed E-state index contributed by atoms with van der Waals surface area (Å²) >= 11 is 6.13. The van der Waals surface area contributed by atoms with Crippen LogP contribution >= 0.6 is 11.6 Å². The summed E-state index contributed by atoms with van der Waals surface area (Å²) in [5, 5.41) is 0.783. The molecule has 0 spiro atoms. The number of rotatable bonds is 2. The van der Waals surface area contributed by atoms with Crippen molar-refractivity contribution in [3.05, 3.63) is 44.1 Å². The first-order valence-corrected chi connectivity index (χ1v) is 7.65. The topological polar surface area (TPSA) is 58.1 Å². The van der Waals surface area contributed by atoms with Crippen molar-refractivity contribution in [1.82, 2.24) is 14.5 Å². The fraction of sp³-hybridized carbons (Fsp3) is 0.467. The number of hydrogen-bond acceptors (Lipinski definition) is 3. The van der Waals surface area contributed by atoms with E-state index in [0.717, 1.165) is 32.5 Å². The normalized spacial score (nSPS) is 17.4. The Kier molecular flexibility index (Phi) is 3.87. The van der Waals surface area contributed by atoms with Gasteiger partial charge in [0.05, 0.1) is 15.9 Å². The van der Waals surface area contributed by atoms with Gasteiger partial charge in [-0.25, -0.2) is 4.79 Å². The Labute approximate surface area is 127 Å². The summed E-state index contributed by atoms with van der Waals surface area (Å²) < 4.78 is 1.35. The van der Waals surface area contributed by atoms with Gasteiger partial charge in [-0.2, -0.15) is 0 Å². The molecule has 1 aromatic carbocycles. The number of hydrogen-bond donors (Lipinski definition) is 1. The maximum absolute atomic E-state index is 12.7. The van der Waals surface area contributed by atoms with Crippen molar-refractivity contribution < 1.29 is 0 Å². The van der Waals surface area contributed by atoms with Crippen molar-refractivity contribution in [2.24, 2.45) is 0 Å². The Bertz CT molecular complexity index is 773. The van der Waals surface area contributed by atoms with Crippen molar-refractivity contribution >= 4 is 22.5 Å². The van der Waals surface area contributed by atoms with Crippen LogP contribution in [0, 0.1) is 0 Å². The van der Waals surface area contributed by atoms with Crippen LogP contribution < -0.4 is 11.2 Å². The molecule has 1 saturated heterocycles. The van der Waals surface area contributed by atoms with E-state index in [9.17, 15) is 9.59 Å². The fourth-order valence-electron chi connectivity index (χ4n) is 3.06. The van der Waals surface area contributed by atoms with Crippen molar-refractivity contribution in [2.45, 2.75) is 25.8 Å². The Hall–Kier alpha value is -1.59. The van der Waals surface area contributed by atoms with Gasteiger partial charge in [-0.3, -0.25) is 9.36 Å². The number of halogens is 1. The summed E-state index contributed by atoms with van der Waals surface area (Å²) in [6.07, 6.45) is 1.62. The van der Waals surface area contributed by atoms with Crippen molar-refractivity contribution in [2.75, 3.05) is 19.6 Å². The number of likely N-dealkylation sites (tertiary alicyclic amines) is 1. The molecule has 0 amide bonds. The summed E-state index contributed by atoms with van der Waals surface area (Å²) in [4.78, 5) is 30.0. The van der Waals surface area contributed by atoms with Gasteiger partial charge >= 0.3 is 5.69 Å². The summed E-state index contributed by atoms with van der Waals surface area (Å²) in [6.45, 7) is 4.94. The number of benzene rings is 1. The highest BCUT2D eigenvalue weighted by molar-refractivity contribution is 6.35. The van der Waals surface area contributed by atoms with Crippen LogP contribution in [0.25, 0.3) is 10.9 Å². The zero-order chi connectivity index (χ0) is 15.0. The minimum Gasteiger partial charge on any atom is -0.307 e. The second-order valence-electron chi connectivity index (χ2n) is 5.43. The van der Waals surface area contributed by atoms with Gasteiger partial charge in [-0.05, 0) is 31.5 Å².